The molecule has 0 bridgehead atoms. The van der Waals surface area contributed by atoms with Crippen LogP contribution in [0.2, 0.25) is 5.02 Å². The minimum Gasteiger partial charge on any atom is -0.444 e. The molecule has 0 aromatic heterocycles. The third-order valence-electron chi connectivity index (χ3n) is 3.65. The smallest absolute Gasteiger partial charge is 0.411 e. The molecule has 0 unspecified atom stereocenters. The van der Waals surface area contributed by atoms with Crippen molar-refractivity contribution in [3.05, 3.63) is 64.7 Å². The van der Waals surface area contributed by atoms with E-state index in [0.717, 1.165) is 16.8 Å². The molecule has 2 aromatic carbocycles. The quantitative estimate of drug-likeness (QED) is 0.875. The molecule has 2 N–H and O–H groups in total. The van der Waals surface area contributed by atoms with Crippen molar-refractivity contribution >= 4 is 35.0 Å². The van der Waals surface area contributed by atoms with Crippen LogP contribution in [0.5, 0.6) is 0 Å². The fraction of sp³-hybridized carbons (Fsp3) is 0.167. The Balaban J connectivity index is 1.52. The van der Waals surface area contributed by atoms with Gasteiger partial charge in [0.2, 0.25) is 5.91 Å². The summed E-state index contributed by atoms with van der Waals surface area (Å²) in [5.41, 5.74) is 5.72. The highest BCUT2D eigenvalue weighted by Gasteiger charge is 2.13. The molecule has 0 saturated heterocycles. The first-order valence-corrected chi connectivity index (χ1v) is 8.12. The van der Waals surface area contributed by atoms with Crippen LogP contribution in [-0.2, 0) is 16.1 Å². The zero-order chi connectivity index (χ0) is 17.6. The van der Waals surface area contributed by atoms with Crippen LogP contribution in [0.15, 0.2) is 53.6 Å². The molecule has 0 fully saturated rings. The second kappa shape index (κ2) is 7.81. The van der Waals surface area contributed by atoms with Crippen LogP contribution >= 0.6 is 11.6 Å². The Kier molecular flexibility index (Phi) is 5.30. The van der Waals surface area contributed by atoms with Gasteiger partial charge in [-0.25, -0.2) is 10.2 Å². The molecule has 2 aromatic rings. The second-order valence-electron chi connectivity index (χ2n) is 5.50. The molecule has 7 heteroatoms. The summed E-state index contributed by atoms with van der Waals surface area (Å²) in [7, 11) is 0. The van der Waals surface area contributed by atoms with Crippen LogP contribution in [0.3, 0.4) is 0 Å². The van der Waals surface area contributed by atoms with Crippen molar-refractivity contribution < 1.29 is 14.3 Å². The standard InChI is InChI=1S/C18H16ClN3O3/c19-14-5-7-15(8-6-14)20-18(24)25-11-12-1-3-13(4-2-12)16-9-10-17(23)22-21-16/h1-8H,9-11H2,(H,20,24)(H,22,23). The van der Waals surface area contributed by atoms with Gasteiger partial charge >= 0.3 is 6.09 Å². The number of anilines is 1. The van der Waals surface area contributed by atoms with E-state index in [0.29, 0.717) is 23.6 Å². The summed E-state index contributed by atoms with van der Waals surface area (Å²) in [6, 6.07) is 14.3. The molecule has 2 amide bonds. The number of hydrogen-bond donors (Lipinski definition) is 2. The van der Waals surface area contributed by atoms with Gasteiger partial charge in [-0.2, -0.15) is 5.10 Å². The molecule has 128 valence electrons. The number of carbonyl (C=O) groups excluding carboxylic acids is 2. The van der Waals surface area contributed by atoms with E-state index >= 15 is 0 Å². The average Bonchev–Trinajstić information content (AvgIpc) is 2.63. The van der Waals surface area contributed by atoms with Crippen LogP contribution in [0, 0.1) is 0 Å². The lowest BCUT2D eigenvalue weighted by molar-refractivity contribution is -0.121. The van der Waals surface area contributed by atoms with Gasteiger partial charge < -0.3 is 4.74 Å². The third-order valence-corrected chi connectivity index (χ3v) is 3.90. The van der Waals surface area contributed by atoms with Crippen molar-refractivity contribution in [3.8, 4) is 0 Å². The summed E-state index contributed by atoms with van der Waals surface area (Å²) >= 11 is 5.79. The molecule has 1 aliphatic rings. The highest BCUT2D eigenvalue weighted by atomic mass is 35.5. The van der Waals surface area contributed by atoms with Gasteiger partial charge in [-0.1, -0.05) is 35.9 Å². The summed E-state index contributed by atoms with van der Waals surface area (Å²) in [6.45, 7) is 0.156. The maximum atomic E-state index is 11.8. The highest BCUT2D eigenvalue weighted by molar-refractivity contribution is 6.30. The first kappa shape index (κ1) is 17.0. The zero-order valence-corrected chi connectivity index (χ0v) is 14.0. The minimum absolute atomic E-state index is 0.0690. The molecule has 0 aliphatic carbocycles. The van der Waals surface area contributed by atoms with E-state index in [9.17, 15) is 9.59 Å². The van der Waals surface area contributed by atoms with E-state index in [1.54, 1.807) is 24.3 Å². The predicted octanol–water partition coefficient (Wildman–Crippen LogP) is 3.70. The average molecular weight is 358 g/mol. The molecular formula is C18H16ClN3O3. The van der Waals surface area contributed by atoms with E-state index < -0.39 is 6.09 Å². The number of nitrogens with one attached hydrogen (secondary N) is 2. The minimum atomic E-state index is -0.536. The number of hydrazone groups is 1. The molecule has 1 heterocycles. The maximum absolute atomic E-state index is 11.8. The summed E-state index contributed by atoms with van der Waals surface area (Å²) in [6.07, 6.45) is 0.519. The molecular weight excluding hydrogens is 342 g/mol. The Bertz CT molecular complexity index is 801. The van der Waals surface area contributed by atoms with Gasteiger partial charge in [0.25, 0.3) is 0 Å². The fourth-order valence-corrected chi connectivity index (χ4v) is 2.44. The summed E-state index contributed by atoms with van der Waals surface area (Å²) in [5.74, 6) is -0.0690. The fourth-order valence-electron chi connectivity index (χ4n) is 2.31. The number of nitrogens with zero attached hydrogens (tertiary/aromatic N) is 1. The SMILES string of the molecule is O=C1CCC(c2ccc(COC(=O)Nc3ccc(Cl)cc3)cc2)=NN1. The van der Waals surface area contributed by atoms with Gasteiger partial charge in [-0.15, -0.1) is 0 Å². The maximum Gasteiger partial charge on any atom is 0.411 e. The Morgan fingerprint density at radius 3 is 2.48 bits per heavy atom. The number of benzene rings is 2. The monoisotopic (exact) mass is 357 g/mol. The first-order chi connectivity index (χ1) is 12.1. The van der Waals surface area contributed by atoms with Crippen molar-refractivity contribution in [2.24, 2.45) is 5.10 Å². The Hall–Kier alpha value is -2.86. The Morgan fingerprint density at radius 2 is 1.84 bits per heavy atom. The lowest BCUT2D eigenvalue weighted by atomic mass is 10.0. The van der Waals surface area contributed by atoms with E-state index in [4.69, 9.17) is 16.3 Å². The molecule has 0 saturated carbocycles. The largest absolute Gasteiger partial charge is 0.444 e. The second-order valence-corrected chi connectivity index (χ2v) is 5.93. The molecule has 1 aliphatic heterocycles. The van der Waals surface area contributed by atoms with Crippen LogP contribution in [0.1, 0.15) is 24.0 Å². The van der Waals surface area contributed by atoms with Crippen LogP contribution < -0.4 is 10.7 Å². The molecule has 0 radical (unpaired) electrons. The molecule has 6 nitrogen and oxygen atoms in total. The van der Waals surface area contributed by atoms with Gasteiger partial charge in [-0.05, 0) is 35.4 Å². The molecule has 3 rings (SSSR count). The molecule has 0 spiro atoms. The summed E-state index contributed by atoms with van der Waals surface area (Å²) in [5, 5.41) is 7.28. The number of ether oxygens (including phenoxy) is 1. The van der Waals surface area contributed by atoms with Gasteiger partial charge in [0, 0.05) is 23.6 Å². The van der Waals surface area contributed by atoms with Gasteiger partial charge in [-0.3, -0.25) is 10.1 Å². The van der Waals surface area contributed by atoms with Crippen LogP contribution in [0.4, 0.5) is 10.5 Å². The number of hydrogen-bond acceptors (Lipinski definition) is 4. The van der Waals surface area contributed by atoms with E-state index in [2.05, 4.69) is 15.8 Å². The van der Waals surface area contributed by atoms with Crippen LogP contribution in [-0.4, -0.2) is 17.7 Å². The van der Waals surface area contributed by atoms with Gasteiger partial charge in [0.1, 0.15) is 6.61 Å². The zero-order valence-electron chi connectivity index (χ0n) is 13.3. The van der Waals surface area contributed by atoms with Gasteiger partial charge in [0.15, 0.2) is 0 Å². The van der Waals surface area contributed by atoms with Crippen molar-refractivity contribution in [1.29, 1.82) is 0 Å². The topological polar surface area (TPSA) is 79.8 Å². The van der Waals surface area contributed by atoms with E-state index in [-0.39, 0.29) is 12.5 Å². The Morgan fingerprint density at radius 1 is 1.12 bits per heavy atom. The molecule has 0 atom stereocenters. The van der Waals surface area contributed by atoms with Crippen molar-refractivity contribution in [3.63, 3.8) is 0 Å². The molecule has 25 heavy (non-hydrogen) atoms. The van der Waals surface area contributed by atoms with E-state index in [1.807, 2.05) is 24.3 Å². The van der Waals surface area contributed by atoms with Crippen molar-refractivity contribution in [1.82, 2.24) is 5.43 Å². The number of carbonyl (C=O) groups is 2. The number of amides is 2. The summed E-state index contributed by atoms with van der Waals surface area (Å²) in [4.78, 5) is 22.9. The van der Waals surface area contributed by atoms with Crippen LogP contribution in [0.25, 0.3) is 0 Å². The Labute approximate surface area is 149 Å². The number of rotatable bonds is 4. The third kappa shape index (κ3) is 4.81. The lowest BCUT2D eigenvalue weighted by Gasteiger charge is -2.12. The lowest BCUT2D eigenvalue weighted by Crippen LogP contribution is -2.25. The number of halogens is 1. The normalized spacial score (nSPS) is 13.6. The van der Waals surface area contributed by atoms with E-state index in [1.165, 1.54) is 0 Å². The first-order valence-electron chi connectivity index (χ1n) is 7.74. The van der Waals surface area contributed by atoms with Gasteiger partial charge in [0.05, 0.1) is 5.71 Å². The highest BCUT2D eigenvalue weighted by Crippen LogP contribution is 2.15. The van der Waals surface area contributed by atoms with Crippen molar-refractivity contribution in [2.45, 2.75) is 19.4 Å². The summed E-state index contributed by atoms with van der Waals surface area (Å²) < 4.78 is 5.19. The predicted molar refractivity (Wildman–Crippen MR) is 95.6 cm³/mol. The van der Waals surface area contributed by atoms with Crippen molar-refractivity contribution in [2.75, 3.05) is 5.32 Å².